The Hall–Kier alpha value is -1.44. The third-order valence-electron chi connectivity index (χ3n) is 2.37. The minimum absolute atomic E-state index is 0.0130. The summed E-state index contributed by atoms with van der Waals surface area (Å²) >= 11 is 0. The molecule has 8 heteroatoms. The second kappa shape index (κ2) is 9.48. The third-order valence-corrected chi connectivity index (χ3v) is 2.37. The Bertz CT molecular complexity index is 290. The van der Waals surface area contributed by atoms with E-state index in [9.17, 15) is 18.4 Å². The number of hydrogen-bond acceptors (Lipinski definition) is 3. The van der Waals surface area contributed by atoms with Gasteiger partial charge in [-0.25, -0.2) is 13.6 Å². The summed E-state index contributed by atoms with van der Waals surface area (Å²) in [5.74, 6) is -0.987. The zero-order valence-electron chi connectivity index (χ0n) is 11.1. The van der Waals surface area contributed by atoms with Crippen molar-refractivity contribution in [2.45, 2.75) is 32.7 Å². The topological polar surface area (TPSA) is 78.9 Å². The molecule has 0 spiro atoms. The molecule has 0 aliphatic carbocycles. The summed E-state index contributed by atoms with van der Waals surface area (Å²) in [6.45, 7) is 3.14. The van der Waals surface area contributed by atoms with Gasteiger partial charge in [-0.15, -0.1) is 0 Å². The van der Waals surface area contributed by atoms with Gasteiger partial charge in [0.05, 0.1) is 13.0 Å². The van der Waals surface area contributed by atoms with Crippen LogP contribution < -0.4 is 5.32 Å². The van der Waals surface area contributed by atoms with Crippen molar-refractivity contribution in [2.75, 3.05) is 26.3 Å². The van der Waals surface area contributed by atoms with E-state index in [1.54, 1.807) is 13.8 Å². The smallest absolute Gasteiger partial charge is 0.317 e. The van der Waals surface area contributed by atoms with Crippen molar-refractivity contribution < 1.29 is 28.2 Å². The molecule has 1 atom stereocenters. The Labute approximate surface area is 110 Å². The lowest BCUT2D eigenvalue weighted by atomic mass is 10.2. The van der Waals surface area contributed by atoms with Crippen LogP contribution in [0.25, 0.3) is 0 Å². The summed E-state index contributed by atoms with van der Waals surface area (Å²) in [4.78, 5) is 23.6. The number of amides is 2. The molecule has 0 aromatic rings. The quantitative estimate of drug-likeness (QED) is 0.622. The number of ether oxygens (including phenoxy) is 1. The molecule has 0 saturated carbocycles. The molecule has 2 N–H and O–H groups in total. The van der Waals surface area contributed by atoms with Gasteiger partial charge in [0.2, 0.25) is 0 Å². The van der Waals surface area contributed by atoms with Gasteiger partial charge in [-0.1, -0.05) is 0 Å². The second-order valence-corrected chi connectivity index (χ2v) is 3.93. The number of carbonyl (C=O) groups is 2. The van der Waals surface area contributed by atoms with Crippen LogP contribution in [0.2, 0.25) is 0 Å². The fraction of sp³-hybridized carbons (Fsp3) is 0.818. The lowest BCUT2D eigenvalue weighted by Gasteiger charge is -2.27. The number of nitrogens with one attached hydrogen (secondary N) is 1. The van der Waals surface area contributed by atoms with Crippen molar-refractivity contribution in [3.05, 3.63) is 0 Å². The van der Waals surface area contributed by atoms with Crippen molar-refractivity contribution >= 4 is 12.0 Å². The minimum Gasteiger partial charge on any atom is -0.481 e. The fourth-order valence-corrected chi connectivity index (χ4v) is 1.52. The van der Waals surface area contributed by atoms with Gasteiger partial charge in [-0.3, -0.25) is 4.79 Å². The van der Waals surface area contributed by atoms with E-state index in [1.165, 1.54) is 4.90 Å². The van der Waals surface area contributed by atoms with E-state index < -0.39 is 31.1 Å². The average molecular weight is 282 g/mol. The first-order valence-corrected chi connectivity index (χ1v) is 6.00. The van der Waals surface area contributed by atoms with Crippen LogP contribution in [-0.2, 0) is 9.53 Å². The third kappa shape index (κ3) is 8.30. The zero-order chi connectivity index (χ0) is 14.8. The highest BCUT2D eigenvalue weighted by atomic mass is 19.3. The van der Waals surface area contributed by atoms with E-state index in [0.717, 1.165) is 0 Å². The SMILES string of the molecule is CCN(C(=O)NCCOCC(F)F)C(C)CC(=O)O. The van der Waals surface area contributed by atoms with Crippen LogP contribution in [-0.4, -0.2) is 60.8 Å². The van der Waals surface area contributed by atoms with Crippen LogP contribution >= 0.6 is 0 Å². The van der Waals surface area contributed by atoms with Gasteiger partial charge >= 0.3 is 12.0 Å². The van der Waals surface area contributed by atoms with Gasteiger partial charge in [0, 0.05) is 19.1 Å². The number of halogens is 2. The molecule has 19 heavy (non-hydrogen) atoms. The molecular formula is C11H20F2N2O4. The van der Waals surface area contributed by atoms with Gasteiger partial charge in [0.15, 0.2) is 0 Å². The zero-order valence-corrected chi connectivity index (χ0v) is 11.1. The van der Waals surface area contributed by atoms with Crippen molar-refractivity contribution in [1.82, 2.24) is 10.2 Å². The Morgan fingerprint density at radius 1 is 1.42 bits per heavy atom. The standard InChI is InChI=1S/C11H20F2N2O4/c1-3-15(8(2)6-10(16)17)11(18)14-4-5-19-7-9(12)13/h8-9H,3-7H2,1-2H3,(H,14,18)(H,16,17). The molecule has 0 heterocycles. The van der Waals surface area contributed by atoms with Gasteiger partial charge in [-0.2, -0.15) is 0 Å². The van der Waals surface area contributed by atoms with Crippen molar-refractivity contribution in [1.29, 1.82) is 0 Å². The molecule has 112 valence electrons. The van der Waals surface area contributed by atoms with Gasteiger partial charge in [0.1, 0.15) is 6.61 Å². The molecule has 0 radical (unpaired) electrons. The molecule has 6 nitrogen and oxygen atoms in total. The van der Waals surface area contributed by atoms with Crippen molar-refractivity contribution in [3.8, 4) is 0 Å². The first-order chi connectivity index (χ1) is 8.88. The van der Waals surface area contributed by atoms with Crippen molar-refractivity contribution in [3.63, 3.8) is 0 Å². The summed E-state index contributed by atoms with van der Waals surface area (Å²) in [6.07, 6.45) is -2.68. The largest absolute Gasteiger partial charge is 0.481 e. The van der Waals surface area contributed by atoms with Gasteiger partial charge < -0.3 is 20.1 Å². The Balaban J connectivity index is 3.97. The van der Waals surface area contributed by atoms with E-state index >= 15 is 0 Å². The normalized spacial score (nSPS) is 12.3. The van der Waals surface area contributed by atoms with Crippen LogP contribution in [0.15, 0.2) is 0 Å². The maximum atomic E-state index is 11.8. The maximum Gasteiger partial charge on any atom is 0.317 e. The lowest BCUT2D eigenvalue weighted by molar-refractivity contribution is -0.138. The van der Waals surface area contributed by atoms with Crippen LogP contribution in [0.5, 0.6) is 0 Å². The van der Waals surface area contributed by atoms with Gasteiger partial charge in [0.25, 0.3) is 6.43 Å². The molecule has 0 rings (SSSR count). The fourth-order valence-electron chi connectivity index (χ4n) is 1.52. The molecule has 2 amide bonds. The Kier molecular flexibility index (Phi) is 8.77. The highest BCUT2D eigenvalue weighted by molar-refractivity contribution is 5.75. The van der Waals surface area contributed by atoms with Crippen LogP contribution in [0.1, 0.15) is 20.3 Å². The number of hydrogen-bond donors (Lipinski definition) is 2. The lowest BCUT2D eigenvalue weighted by Crippen LogP contribution is -2.46. The average Bonchev–Trinajstić information content (AvgIpc) is 2.27. The number of aliphatic carboxylic acids is 1. The summed E-state index contributed by atoms with van der Waals surface area (Å²) < 4.78 is 28.1. The van der Waals surface area contributed by atoms with Crippen LogP contribution in [0.3, 0.4) is 0 Å². The molecule has 0 aliphatic rings. The second-order valence-electron chi connectivity index (χ2n) is 3.93. The van der Waals surface area contributed by atoms with E-state index in [4.69, 9.17) is 5.11 Å². The summed E-state index contributed by atoms with van der Waals surface area (Å²) in [5, 5.41) is 11.1. The summed E-state index contributed by atoms with van der Waals surface area (Å²) in [5.41, 5.74) is 0. The van der Waals surface area contributed by atoms with E-state index in [2.05, 4.69) is 10.1 Å². The first kappa shape index (κ1) is 17.6. The van der Waals surface area contributed by atoms with Crippen molar-refractivity contribution in [2.24, 2.45) is 0 Å². The van der Waals surface area contributed by atoms with E-state index in [0.29, 0.717) is 6.54 Å². The van der Waals surface area contributed by atoms with Gasteiger partial charge in [-0.05, 0) is 13.8 Å². The Morgan fingerprint density at radius 3 is 2.53 bits per heavy atom. The number of carbonyl (C=O) groups excluding carboxylic acids is 1. The predicted molar refractivity (Wildman–Crippen MR) is 64.3 cm³/mol. The number of alkyl halides is 2. The van der Waals surface area contributed by atoms with Crippen LogP contribution in [0.4, 0.5) is 13.6 Å². The van der Waals surface area contributed by atoms with E-state index in [1.807, 2.05) is 0 Å². The molecular weight excluding hydrogens is 262 g/mol. The molecule has 0 bridgehead atoms. The number of rotatable bonds is 9. The molecule has 0 aromatic heterocycles. The Morgan fingerprint density at radius 2 is 2.05 bits per heavy atom. The molecule has 0 aliphatic heterocycles. The van der Waals surface area contributed by atoms with E-state index in [-0.39, 0.29) is 19.6 Å². The molecule has 1 unspecified atom stereocenters. The summed E-state index contributed by atoms with van der Waals surface area (Å²) in [6, 6.07) is -0.874. The molecule has 0 aromatic carbocycles. The molecule has 0 fully saturated rings. The highest BCUT2D eigenvalue weighted by Crippen LogP contribution is 2.04. The predicted octanol–water partition coefficient (Wildman–Crippen LogP) is 1.16. The number of nitrogens with zero attached hydrogens (tertiary/aromatic N) is 1. The number of urea groups is 1. The first-order valence-electron chi connectivity index (χ1n) is 6.00. The highest BCUT2D eigenvalue weighted by Gasteiger charge is 2.20. The van der Waals surface area contributed by atoms with Crippen LogP contribution in [0, 0.1) is 0 Å². The molecule has 0 saturated heterocycles. The summed E-state index contributed by atoms with van der Waals surface area (Å²) in [7, 11) is 0. The number of carboxylic acids is 1. The maximum absolute atomic E-state index is 11.8. The monoisotopic (exact) mass is 282 g/mol. The number of carboxylic acid groups (broad SMARTS) is 1. The minimum atomic E-state index is -2.53.